The molecule has 0 aromatic carbocycles. The molecule has 0 aromatic heterocycles. The summed E-state index contributed by atoms with van der Waals surface area (Å²) in [6.07, 6.45) is 5.17. The van der Waals surface area contributed by atoms with Crippen LogP contribution < -0.4 is 11.1 Å². The molecular weight excluding hydrogens is 438 g/mol. The summed E-state index contributed by atoms with van der Waals surface area (Å²) in [5.74, 6) is -1.10. The quantitative estimate of drug-likeness (QED) is 0.124. The molecule has 186 valence electrons. The van der Waals surface area contributed by atoms with E-state index in [2.05, 4.69) is 31.6 Å². The van der Waals surface area contributed by atoms with E-state index in [-0.39, 0.29) is 34.9 Å². The van der Waals surface area contributed by atoms with Crippen LogP contribution in [-0.2, 0) is 28.7 Å². The van der Waals surface area contributed by atoms with Crippen LogP contribution >= 0.6 is 0 Å². The van der Waals surface area contributed by atoms with Crippen LogP contribution in [-0.4, -0.2) is 43.5 Å². The number of carbonyl (C=O) groups excluding carboxylic acids is 3. The predicted molar refractivity (Wildman–Crippen MR) is 131 cm³/mol. The summed E-state index contributed by atoms with van der Waals surface area (Å²) in [5.41, 5.74) is 6.06. The maximum Gasteiger partial charge on any atom is 0.279 e. The number of methoxy groups -OCH3 is 2. The van der Waals surface area contributed by atoms with E-state index in [9.17, 15) is 14.4 Å². The molecule has 0 unspecified atom stereocenters. The van der Waals surface area contributed by atoms with Crippen LogP contribution in [0.3, 0.4) is 0 Å². The number of primary amides is 1. The molecule has 9 nitrogen and oxygen atoms in total. The van der Waals surface area contributed by atoms with E-state index in [1.54, 1.807) is 6.92 Å². The number of rotatable bonds is 15. The van der Waals surface area contributed by atoms with E-state index in [0.717, 1.165) is 10.6 Å². The van der Waals surface area contributed by atoms with Gasteiger partial charge in [-0.05, 0) is 13.3 Å². The van der Waals surface area contributed by atoms with Gasteiger partial charge in [-0.2, -0.15) is 5.06 Å². The minimum atomic E-state index is -0.870. The summed E-state index contributed by atoms with van der Waals surface area (Å²) in [5, 5.41) is 3.56. The van der Waals surface area contributed by atoms with Crippen LogP contribution in [0.5, 0.6) is 0 Å². The number of carbonyl (C=O) groups is 3. The van der Waals surface area contributed by atoms with Gasteiger partial charge in [0.2, 0.25) is 17.6 Å². The first-order valence-electron chi connectivity index (χ1n) is 10.4. The van der Waals surface area contributed by atoms with Gasteiger partial charge in [0.05, 0.1) is 37.8 Å². The van der Waals surface area contributed by atoms with Crippen LogP contribution in [0.4, 0.5) is 0 Å². The normalized spacial score (nSPS) is 12.3. The first kappa shape index (κ1) is 30.0. The van der Waals surface area contributed by atoms with E-state index >= 15 is 0 Å². The molecule has 3 amide bonds. The summed E-state index contributed by atoms with van der Waals surface area (Å²) in [6, 6.07) is 0. The van der Waals surface area contributed by atoms with E-state index in [1.807, 2.05) is 6.92 Å². The predicted octanol–water partition coefficient (Wildman–Crippen LogP) is 3.31. The zero-order chi connectivity index (χ0) is 26.4. The van der Waals surface area contributed by atoms with Crippen molar-refractivity contribution in [3.63, 3.8) is 0 Å². The maximum atomic E-state index is 13.1. The molecule has 0 aromatic rings. The molecule has 0 aliphatic heterocycles. The smallest absolute Gasteiger partial charge is 0.279 e. The van der Waals surface area contributed by atoms with E-state index in [4.69, 9.17) is 20.0 Å². The summed E-state index contributed by atoms with van der Waals surface area (Å²) in [4.78, 5) is 42.6. The Morgan fingerprint density at radius 3 is 2.12 bits per heavy atom. The molecule has 0 fully saturated rings. The monoisotopic (exact) mass is 473 g/mol. The summed E-state index contributed by atoms with van der Waals surface area (Å²) < 4.78 is 10.4. The van der Waals surface area contributed by atoms with Crippen molar-refractivity contribution in [2.45, 2.75) is 33.6 Å². The van der Waals surface area contributed by atoms with Gasteiger partial charge in [0, 0.05) is 25.0 Å². The minimum Gasteiger partial charge on any atom is -0.501 e. The summed E-state index contributed by atoms with van der Waals surface area (Å²) in [6.45, 7) is 19.6. The molecule has 0 aliphatic carbocycles. The van der Waals surface area contributed by atoms with Crippen LogP contribution in [0, 0.1) is 0 Å². The first-order valence-corrected chi connectivity index (χ1v) is 10.4. The third-order valence-corrected chi connectivity index (χ3v) is 4.48. The van der Waals surface area contributed by atoms with Crippen molar-refractivity contribution in [1.82, 2.24) is 10.4 Å². The van der Waals surface area contributed by atoms with Crippen LogP contribution in [0.25, 0.3) is 0 Å². The lowest BCUT2D eigenvalue weighted by Gasteiger charge is -2.25. The van der Waals surface area contributed by atoms with Crippen LogP contribution in [0.1, 0.15) is 33.6 Å². The van der Waals surface area contributed by atoms with Gasteiger partial charge in [-0.1, -0.05) is 44.4 Å². The number of hydroxylamine groups is 2. The fourth-order valence-electron chi connectivity index (χ4n) is 2.56. The third kappa shape index (κ3) is 9.23. The van der Waals surface area contributed by atoms with Crippen molar-refractivity contribution in [1.29, 1.82) is 0 Å². The van der Waals surface area contributed by atoms with Crippen molar-refractivity contribution in [2.75, 3.05) is 20.8 Å². The Labute approximate surface area is 201 Å². The number of nitrogens with two attached hydrogens (primary N) is 1. The van der Waals surface area contributed by atoms with Gasteiger partial charge in [-0.3, -0.25) is 14.4 Å². The molecule has 9 heteroatoms. The highest BCUT2D eigenvalue weighted by Crippen LogP contribution is 2.26. The molecular formula is C25H35N3O6. The molecule has 0 aliphatic rings. The Balaban J connectivity index is 6.64. The van der Waals surface area contributed by atoms with Crippen molar-refractivity contribution >= 4 is 17.7 Å². The number of amides is 3. The van der Waals surface area contributed by atoms with Crippen molar-refractivity contribution in [3.05, 3.63) is 84.2 Å². The van der Waals surface area contributed by atoms with Gasteiger partial charge in [0.15, 0.2) is 0 Å². The fraction of sp³-hybridized carbons (Fsp3) is 0.320. The Morgan fingerprint density at radius 1 is 1.09 bits per heavy atom. The molecule has 3 N–H and O–H groups in total. The number of hydrogen-bond acceptors (Lipinski definition) is 6. The maximum absolute atomic E-state index is 13.1. The molecule has 0 spiro atoms. The molecule has 0 radical (unpaired) electrons. The highest BCUT2D eigenvalue weighted by molar-refractivity contribution is 5.97. The lowest BCUT2D eigenvalue weighted by molar-refractivity contribution is -0.163. The zero-order valence-electron chi connectivity index (χ0n) is 20.7. The Kier molecular flexibility index (Phi) is 13.2. The van der Waals surface area contributed by atoms with Crippen LogP contribution in [0.15, 0.2) is 84.2 Å². The lowest BCUT2D eigenvalue weighted by atomic mass is 10.0. The number of nitrogens with one attached hydrogen (secondary N) is 1. The van der Waals surface area contributed by atoms with Gasteiger partial charge in [-0.25, -0.2) is 0 Å². The average Bonchev–Trinajstić information content (AvgIpc) is 2.80. The van der Waals surface area contributed by atoms with Gasteiger partial charge >= 0.3 is 0 Å². The van der Waals surface area contributed by atoms with Gasteiger partial charge < -0.3 is 25.4 Å². The molecule has 34 heavy (non-hydrogen) atoms. The number of allylic oxidation sites excluding steroid dienone is 3. The molecule has 0 saturated carbocycles. The fourth-order valence-corrected chi connectivity index (χ4v) is 2.56. The zero-order valence-corrected chi connectivity index (χ0v) is 20.7. The Morgan fingerprint density at radius 2 is 1.71 bits per heavy atom. The standard InChI is InChI=1S/C25H35N3O6/c1-10-13-28(22(30)15-20(11-2)14-16(4)32-8)34-24(18(6)33-9)21(12-3)23(27-19(7)29)17(5)25(26)31/h10,12,15H,1,3-5,11,13-14H2,2,6-9H3,(H2,26,31)(H,27,29)/b20-15-,23-21+,24-18-. The van der Waals surface area contributed by atoms with E-state index < -0.39 is 17.7 Å². The van der Waals surface area contributed by atoms with E-state index in [1.165, 1.54) is 39.4 Å². The second-order valence-electron chi connectivity index (χ2n) is 6.96. The molecule has 0 bridgehead atoms. The summed E-state index contributed by atoms with van der Waals surface area (Å²) in [7, 11) is 2.90. The second-order valence-corrected chi connectivity index (χ2v) is 6.96. The number of hydrogen-bond donors (Lipinski definition) is 2. The lowest BCUT2D eigenvalue weighted by Crippen LogP contribution is -2.32. The Bertz CT molecular complexity index is 940. The van der Waals surface area contributed by atoms with Crippen molar-refractivity contribution in [2.24, 2.45) is 5.73 Å². The van der Waals surface area contributed by atoms with Crippen molar-refractivity contribution in [3.8, 4) is 0 Å². The van der Waals surface area contributed by atoms with Crippen molar-refractivity contribution < 1.29 is 28.7 Å². The molecule has 0 rings (SSSR count). The summed E-state index contributed by atoms with van der Waals surface area (Å²) >= 11 is 0. The molecule has 0 atom stereocenters. The SMILES string of the molecule is C=CCN(OC(=C(/C)OC)/C(C=C)=C(/NC(C)=O)C(=C)C(N)=O)C(=O)/C=C(/CC)CC(=C)OC. The van der Waals surface area contributed by atoms with Gasteiger partial charge in [0.25, 0.3) is 5.91 Å². The topological polar surface area (TPSA) is 120 Å². The van der Waals surface area contributed by atoms with E-state index in [0.29, 0.717) is 18.6 Å². The minimum absolute atomic E-state index is 0.00611. The average molecular weight is 474 g/mol. The van der Waals surface area contributed by atoms with Gasteiger partial charge in [-0.15, -0.1) is 6.58 Å². The third-order valence-electron chi connectivity index (χ3n) is 4.48. The van der Waals surface area contributed by atoms with Gasteiger partial charge in [0.1, 0.15) is 5.76 Å². The Hall–Kier alpha value is -4.01. The van der Waals surface area contributed by atoms with Crippen LogP contribution in [0.2, 0.25) is 0 Å². The molecule has 0 saturated heterocycles. The number of ether oxygens (including phenoxy) is 2. The molecule has 0 heterocycles. The highest BCUT2D eigenvalue weighted by Gasteiger charge is 2.24. The second kappa shape index (κ2) is 14.9. The highest BCUT2D eigenvalue weighted by atomic mass is 16.7. The largest absolute Gasteiger partial charge is 0.501 e. The first-order chi connectivity index (χ1) is 16.0. The number of nitrogens with zero attached hydrogens (tertiary/aromatic N) is 1.